The molecule has 1 aliphatic carbocycles. The summed E-state index contributed by atoms with van der Waals surface area (Å²) in [4.78, 5) is 0. The lowest BCUT2D eigenvalue weighted by Crippen LogP contribution is -2.34. The average Bonchev–Trinajstić information content (AvgIpc) is 2.34. The molecule has 1 aromatic carbocycles. The van der Waals surface area contributed by atoms with Crippen LogP contribution in [0.1, 0.15) is 31.2 Å². The van der Waals surface area contributed by atoms with Crippen molar-refractivity contribution in [2.24, 2.45) is 5.92 Å². The highest BCUT2D eigenvalue weighted by Crippen LogP contribution is 2.27. The number of hydrogen-bond acceptors (Lipinski definition) is 3. The Morgan fingerprint density at radius 2 is 2.12 bits per heavy atom. The van der Waals surface area contributed by atoms with Crippen LogP contribution in [0.3, 0.4) is 0 Å². The molecule has 0 saturated heterocycles. The average molecular weight is 234 g/mol. The van der Waals surface area contributed by atoms with Crippen molar-refractivity contribution in [3.8, 4) is 0 Å². The second kappa shape index (κ2) is 5.41. The molecule has 17 heavy (non-hydrogen) atoms. The number of aliphatic hydroxyl groups is 1. The minimum Gasteiger partial charge on any atom is -0.399 e. The molecular formula is C14H22N2O. The Hall–Kier alpha value is -1.22. The van der Waals surface area contributed by atoms with E-state index in [4.69, 9.17) is 5.73 Å². The van der Waals surface area contributed by atoms with Crippen LogP contribution in [0.15, 0.2) is 18.2 Å². The van der Waals surface area contributed by atoms with Gasteiger partial charge in [-0.15, -0.1) is 0 Å². The molecule has 2 unspecified atom stereocenters. The Bertz CT molecular complexity index is 378. The first kappa shape index (κ1) is 12.2. The molecule has 0 heterocycles. The highest BCUT2D eigenvalue weighted by atomic mass is 16.3. The van der Waals surface area contributed by atoms with Crippen LogP contribution in [-0.2, 0) is 0 Å². The standard InChI is InChI=1S/C14H22N2O/c1-10-8-12(6-7-13(10)15)16-14-5-3-2-4-11(14)9-17/h6-8,11,14,16-17H,2-5,9,15H2,1H3. The van der Waals surface area contributed by atoms with Crippen molar-refractivity contribution in [3.63, 3.8) is 0 Å². The first-order valence-electron chi connectivity index (χ1n) is 6.44. The van der Waals surface area contributed by atoms with Crippen LogP contribution < -0.4 is 11.1 Å². The Morgan fingerprint density at radius 3 is 2.82 bits per heavy atom. The summed E-state index contributed by atoms with van der Waals surface area (Å²) in [6.45, 7) is 2.30. The van der Waals surface area contributed by atoms with E-state index in [-0.39, 0.29) is 6.61 Å². The molecule has 94 valence electrons. The van der Waals surface area contributed by atoms with E-state index in [1.54, 1.807) is 0 Å². The summed E-state index contributed by atoms with van der Waals surface area (Å²) in [5, 5.41) is 12.9. The van der Waals surface area contributed by atoms with Crippen LogP contribution in [0.2, 0.25) is 0 Å². The number of aliphatic hydroxyl groups excluding tert-OH is 1. The molecule has 0 amide bonds. The molecule has 1 fully saturated rings. The van der Waals surface area contributed by atoms with Gasteiger partial charge < -0.3 is 16.2 Å². The largest absolute Gasteiger partial charge is 0.399 e. The van der Waals surface area contributed by atoms with Crippen LogP contribution in [0.5, 0.6) is 0 Å². The zero-order valence-corrected chi connectivity index (χ0v) is 10.4. The highest BCUT2D eigenvalue weighted by molar-refractivity contribution is 5.57. The molecule has 2 atom stereocenters. The van der Waals surface area contributed by atoms with E-state index in [2.05, 4.69) is 11.4 Å². The van der Waals surface area contributed by atoms with Crippen molar-refractivity contribution < 1.29 is 5.11 Å². The number of nitrogens with one attached hydrogen (secondary N) is 1. The van der Waals surface area contributed by atoms with E-state index in [1.165, 1.54) is 12.8 Å². The summed E-state index contributed by atoms with van der Waals surface area (Å²) in [6.07, 6.45) is 4.77. The minimum atomic E-state index is 0.283. The van der Waals surface area contributed by atoms with Crippen LogP contribution in [-0.4, -0.2) is 17.8 Å². The van der Waals surface area contributed by atoms with E-state index >= 15 is 0 Å². The molecule has 1 aliphatic rings. The van der Waals surface area contributed by atoms with Gasteiger partial charge in [-0.25, -0.2) is 0 Å². The molecule has 3 nitrogen and oxygen atoms in total. The lowest BCUT2D eigenvalue weighted by Gasteiger charge is -2.31. The molecular weight excluding hydrogens is 212 g/mol. The Balaban J connectivity index is 2.05. The fraction of sp³-hybridized carbons (Fsp3) is 0.571. The van der Waals surface area contributed by atoms with Crippen molar-refractivity contribution in [2.75, 3.05) is 17.7 Å². The van der Waals surface area contributed by atoms with Gasteiger partial charge in [0, 0.05) is 29.9 Å². The van der Waals surface area contributed by atoms with Crippen molar-refractivity contribution in [1.29, 1.82) is 0 Å². The molecule has 0 bridgehead atoms. The topological polar surface area (TPSA) is 58.3 Å². The normalized spacial score (nSPS) is 24.6. The summed E-state index contributed by atoms with van der Waals surface area (Å²) in [6, 6.07) is 6.44. The lowest BCUT2D eigenvalue weighted by molar-refractivity contribution is 0.178. The van der Waals surface area contributed by atoms with Crippen molar-refractivity contribution >= 4 is 11.4 Å². The van der Waals surface area contributed by atoms with Crippen molar-refractivity contribution in [2.45, 2.75) is 38.6 Å². The highest BCUT2D eigenvalue weighted by Gasteiger charge is 2.24. The summed E-state index contributed by atoms with van der Waals surface area (Å²) >= 11 is 0. The third-order valence-electron chi connectivity index (χ3n) is 3.77. The van der Waals surface area contributed by atoms with Gasteiger partial charge in [-0.1, -0.05) is 12.8 Å². The SMILES string of the molecule is Cc1cc(NC2CCCCC2CO)ccc1N. The van der Waals surface area contributed by atoms with Crippen LogP contribution in [0.25, 0.3) is 0 Å². The second-order valence-electron chi connectivity index (χ2n) is 5.05. The maximum absolute atomic E-state index is 9.38. The zero-order chi connectivity index (χ0) is 12.3. The predicted molar refractivity (Wildman–Crippen MR) is 72.0 cm³/mol. The van der Waals surface area contributed by atoms with Gasteiger partial charge in [0.2, 0.25) is 0 Å². The van der Waals surface area contributed by atoms with Gasteiger partial charge >= 0.3 is 0 Å². The van der Waals surface area contributed by atoms with E-state index in [0.29, 0.717) is 12.0 Å². The summed E-state index contributed by atoms with van der Waals surface area (Å²) < 4.78 is 0. The third kappa shape index (κ3) is 2.91. The first-order chi connectivity index (χ1) is 8.20. The number of benzene rings is 1. The van der Waals surface area contributed by atoms with Crippen molar-refractivity contribution in [3.05, 3.63) is 23.8 Å². The van der Waals surface area contributed by atoms with Crippen LogP contribution in [0.4, 0.5) is 11.4 Å². The number of hydrogen-bond donors (Lipinski definition) is 3. The van der Waals surface area contributed by atoms with Crippen LogP contribution >= 0.6 is 0 Å². The van der Waals surface area contributed by atoms with Crippen molar-refractivity contribution in [1.82, 2.24) is 0 Å². The predicted octanol–water partition coefficient (Wildman–Crippen LogP) is 2.54. The van der Waals surface area contributed by atoms with Gasteiger partial charge in [-0.05, 0) is 43.5 Å². The minimum absolute atomic E-state index is 0.283. The fourth-order valence-corrected chi connectivity index (χ4v) is 2.60. The number of nitrogens with two attached hydrogens (primary N) is 1. The summed E-state index contributed by atoms with van der Waals surface area (Å²) in [5.74, 6) is 0.390. The van der Waals surface area contributed by atoms with E-state index in [0.717, 1.165) is 29.8 Å². The molecule has 0 spiro atoms. The number of nitrogen functional groups attached to an aromatic ring is 1. The number of anilines is 2. The third-order valence-corrected chi connectivity index (χ3v) is 3.77. The Labute approximate surface area is 103 Å². The maximum Gasteiger partial charge on any atom is 0.0478 e. The number of rotatable bonds is 3. The molecule has 0 aliphatic heterocycles. The molecule has 1 saturated carbocycles. The summed E-state index contributed by atoms with van der Waals surface area (Å²) in [7, 11) is 0. The quantitative estimate of drug-likeness (QED) is 0.704. The number of aryl methyl sites for hydroxylation is 1. The smallest absolute Gasteiger partial charge is 0.0478 e. The van der Waals surface area contributed by atoms with Gasteiger partial charge in [-0.3, -0.25) is 0 Å². The van der Waals surface area contributed by atoms with Crippen LogP contribution in [0, 0.1) is 12.8 Å². The monoisotopic (exact) mass is 234 g/mol. The first-order valence-corrected chi connectivity index (χ1v) is 6.44. The van der Waals surface area contributed by atoms with E-state index in [1.807, 2.05) is 19.1 Å². The fourth-order valence-electron chi connectivity index (χ4n) is 2.60. The second-order valence-corrected chi connectivity index (χ2v) is 5.05. The van der Waals surface area contributed by atoms with E-state index < -0.39 is 0 Å². The lowest BCUT2D eigenvalue weighted by atomic mass is 9.85. The maximum atomic E-state index is 9.38. The molecule has 1 aromatic rings. The molecule has 0 radical (unpaired) electrons. The molecule has 3 heteroatoms. The Morgan fingerprint density at radius 1 is 1.35 bits per heavy atom. The van der Waals surface area contributed by atoms with E-state index in [9.17, 15) is 5.11 Å². The zero-order valence-electron chi connectivity index (χ0n) is 10.4. The summed E-state index contributed by atoms with van der Waals surface area (Å²) in [5.41, 5.74) is 8.86. The van der Waals surface area contributed by atoms with Gasteiger partial charge in [0.25, 0.3) is 0 Å². The van der Waals surface area contributed by atoms with Gasteiger partial charge in [0.15, 0.2) is 0 Å². The van der Waals surface area contributed by atoms with Gasteiger partial charge in [0.1, 0.15) is 0 Å². The molecule has 4 N–H and O–H groups in total. The Kier molecular flexibility index (Phi) is 3.89. The molecule has 0 aromatic heterocycles. The molecule has 2 rings (SSSR count). The van der Waals surface area contributed by atoms with Gasteiger partial charge in [-0.2, -0.15) is 0 Å². The van der Waals surface area contributed by atoms with Gasteiger partial charge in [0.05, 0.1) is 0 Å².